The second-order valence-corrected chi connectivity index (χ2v) is 28.6. The van der Waals surface area contributed by atoms with Crippen LogP contribution in [0.1, 0.15) is 115 Å². The number of hydrogen-bond acceptors (Lipinski definition) is 6. The third-order valence-electron chi connectivity index (χ3n) is 13.1. The normalized spacial score (nSPS) is 31.0. The molecule has 0 amide bonds. The van der Waals surface area contributed by atoms with Gasteiger partial charge >= 0.3 is 6.16 Å². The molecule has 0 aliphatic heterocycles. The van der Waals surface area contributed by atoms with Crippen molar-refractivity contribution in [3.8, 4) is 0 Å². The fourth-order valence-electron chi connectivity index (χ4n) is 7.63. The number of aliphatic hydroxyl groups is 1. The van der Waals surface area contributed by atoms with Crippen LogP contribution in [0.25, 0.3) is 0 Å². The summed E-state index contributed by atoms with van der Waals surface area (Å²) in [5.74, 6) is 1.21. The van der Waals surface area contributed by atoms with Gasteiger partial charge in [-0.15, -0.1) is 0 Å². The predicted molar refractivity (Wildman–Crippen MR) is 209 cm³/mol. The van der Waals surface area contributed by atoms with Crippen LogP contribution in [0.2, 0.25) is 36.3 Å². The van der Waals surface area contributed by atoms with Crippen molar-refractivity contribution in [2.45, 2.75) is 175 Å². The summed E-state index contributed by atoms with van der Waals surface area (Å²) in [6.07, 6.45) is 13.5. The molecule has 0 radical (unpaired) electrons. The van der Waals surface area contributed by atoms with Gasteiger partial charge in [-0.3, -0.25) is 0 Å². The van der Waals surface area contributed by atoms with Gasteiger partial charge in [0.2, 0.25) is 0 Å². The Hall–Kier alpha value is -1.46. The Kier molecular flexibility index (Phi) is 13.1. The smallest absolute Gasteiger partial charge is 0.435 e. The summed E-state index contributed by atoms with van der Waals surface area (Å²) in [6.45, 7) is 38.1. The average molecular weight is 717 g/mol. The van der Waals surface area contributed by atoms with Crippen molar-refractivity contribution in [1.29, 1.82) is 0 Å². The number of carbonyl (C=O) groups excluding carboxylic acids is 1. The first-order valence-electron chi connectivity index (χ1n) is 18.9. The Balaban J connectivity index is 1.82. The molecule has 280 valence electrons. The number of allylic oxidation sites excluding steroid dienone is 5. The zero-order chi connectivity index (χ0) is 37.4. The number of carbonyl (C=O) groups is 1. The van der Waals surface area contributed by atoms with E-state index in [1.54, 1.807) is 32.4 Å². The monoisotopic (exact) mass is 716 g/mol. The third kappa shape index (κ3) is 9.71. The van der Waals surface area contributed by atoms with Crippen LogP contribution >= 0.6 is 0 Å². The first kappa shape index (κ1) is 42.0. The largest absolute Gasteiger partial charge is 0.508 e. The van der Waals surface area contributed by atoms with Gasteiger partial charge in [-0.25, -0.2) is 4.79 Å². The number of ether oxygens (including phenoxy) is 2. The van der Waals surface area contributed by atoms with Gasteiger partial charge in [0.25, 0.3) is 0 Å². The average Bonchev–Trinajstić information content (AvgIpc) is 3.44. The number of hydrogen-bond donors (Lipinski definition) is 1. The first-order chi connectivity index (χ1) is 22.3. The lowest BCUT2D eigenvalue weighted by atomic mass is 9.72. The molecule has 3 rings (SSSR count). The lowest BCUT2D eigenvalue weighted by Crippen LogP contribution is -2.50. The molecule has 1 N–H and O–H groups in total. The molecule has 49 heavy (non-hydrogen) atoms. The summed E-state index contributed by atoms with van der Waals surface area (Å²) in [7, 11) is -3.91. The van der Waals surface area contributed by atoms with Gasteiger partial charge < -0.3 is 23.4 Å². The zero-order valence-electron chi connectivity index (χ0n) is 33.9. The summed E-state index contributed by atoms with van der Waals surface area (Å²) in [5.41, 5.74) is 3.07. The van der Waals surface area contributed by atoms with E-state index in [-0.39, 0.29) is 34.3 Å². The van der Waals surface area contributed by atoms with E-state index in [0.29, 0.717) is 17.8 Å². The number of fused-ring (bicyclic) bond motifs is 1. The maximum absolute atomic E-state index is 11.9. The fraction of sp³-hybridized carbons (Fsp3) is 0.780. The highest BCUT2D eigenvalue weighted by molar-refractivity contribution is 6.74. The molecule has 0 spiro atoms. The van der Waals surface area contributed by atoms with Crippen LogP contribution in [0.15, 0.2) is 47.6 Å². The minimum atomic E-state index is -1.96. The third-order valence-corrected chi connectivity index (χ3v) is 22.2. The molecule has 6 nitrogen and oxygen atoms in total. The minimum absolute atomic E-state index is 0.133. The summed E-state index contributed by atoms with van der Waals surface area (Å²) >= 11 is 0. The lowest BCUT2D eigenvalue weighted by Gasteiger charge is -2.47. The quantitative estimate of drug-likeness (QED) is 0.130. The van der Waals surface area contributed by atoms with E-state index in [1.165, 1.54) is 5.57 Å². The summed E-state index contributed by atoms with van der Waals surface area (Å²) in [5, 5.41) is 11.2. The Labute approximate surface area is 302 Å². The zero-order valence-corrected chi connectivity index (χ0v) is 35.9. The summed E-state index contributed by atoms with van der Waals surface area (Å²) < 4.78 is 24.5. The lowest BCUT2D eigenvalue weighted by molar-refractivity contribution is -0.0656. The second-order valence-electron chi connectivity index (χ2n) is 19.1. The molecule has 0 unspecified atom stereocenters. The summed E-state index contributed by atoms with van der Waals surface area (Å²) in [4.78, 5) is 11.9. The van der Waals surface area contributed by atoms with E-state index in [2.05, 4.69) is 100 Å². The van der Waals surface area contributed by atoms with E-state index in [0.717, 1.165) is 44.1 Å². The molecule has 8 heteroatoms. The second kappa shape index (κ2) is 15.3. The fourth-order valence-corrected chi connectivity index (χ4v) is 10.4. The van der Waals surface area contributed by atoms with Crippen molar-refractivity contribution >= 4 is 22.8 Å². The highest BCUT2D eigenvalue weighted by Gasteiger charge is 2.52. The SMILES string of the molecule is C=C(C=C[C@@H](O)C(C)(C)OC(=O)OCC)[C@H]1CC[C@H]2C(=CC=C3C[C@@H](O[Si](C)(C)C(C)(C)C)C[C@@H](O[Si](C)(C)C(C)(C)C)[C@@H]3C)CC[C@]12C. The molecule has 3 aliphatic rings. The molecular weight excluding hydrogens is 645 g/mol. The maximum atomic E-state index is 11.9. The molecule has 3 aliphatic carbocycles. The van der Waals surface area contributed by atoms with Crippen molar-refractivity contribution in [2.24, 2.45) is 23.2 Å². The van der Waals surface area contributed by atoms with Crippen LogP contribution in [-0.2, 0) is 18.3 Å². The molecule has 0 aromatic heterocycles. The maximum Gasteiger partial charge on any atom is 0.508 e. The molecule has 3 saturated carbocycles. The minimum Gasteiger partial charge on any atom is -0.435 e. The van der Waals surface area contributed by atoms with Gasteiger partial charge in [0.15, 0.2) is 16.6 Å². The van der Waals surface area contributed by atoms with Crippen LogP contribution in [0.5, 0.6) is 0 Å². The summed E-state index contributed by atoms with van der Waals surface area (Å²) in [6, 6.07) is 0. The van der Waals surface area contributed by atoms with Crippen LogP contribution < -0.4 is 0 Å². The molecule has 0 heterocycles. The highest BCUT2D eigenvalue weighted by atomic mass is 28.4. The van der Waals surface area contributed by atoms with E-state index >= 15 is 0 Å². The van der Waals surface area contributed by atoms with Gasteiger partial charge in [-0.2, -0.15) is 0 Å². The van der Waals surface area contributed by atoms with E-state index in [4.69, 9.17) is 18.3 Å². The van der Waals surface area contributed by atoms with Crippen LogP contribution in [0.3, 0.4) is 0 Å². The number of rotatable bonds is 11. The van der Waals surface area contributed by atoms with Crippen molar-refractivity contribution in [2.75, 3.05) is 6.61 Å². The van der Waals surface area contributed by atoms with E-state index in [1.807, 2.05) is 6.08 Å². The van der Waals surface area contributed by atoms with Gasteiger partial charge in [-0.1, -0.05) is 103 Å². The van der Waals surface area contributed by atoms with Crippen LogP contribution in [0, 0.1) is 23.2 Å². The van der Waals surface area contributed by atoms with Gasteiger partial charge in [0, 0.05) is 5.92 Å². The molecule has 3 fully saturated rings. The van der Waals surface area contributed by atoms with Gasteiger partial charge in [0.1, 0.15) is 11.7 Å². The molecule has 0 saturated heterocycles. The van der Waals surface area contributed by atoms with Gasteiger partial charge in [0.05, 0.1) is 18.8 Å². The highest BCUT2D eigenvalue weighted by Crippen LogP contribution is 2.61. The Morgan fingerprint density at radius 1 is 0.980 bits per heavy atom. The van der Waals surface area contributed by atoms with Crippen molar-refractivity contribution in [1.82, 2.24) is 0 Å². The van der Waals surface area contributed by atoms with E-state index in [9.17, 15) is 9.90 Å². The Bertz CT molecular complexity index is 1280. The van der Waals surface area contributed by atoms with Gasteiger partial charge in [-0.05, 0) is 113 Å². The Morgan fingerprint density at radius 2 is 1.55 bits per heavy atom. The van der Waals surface area contributed by atoms with Crippen LogP contribution in [-0.4, -0.2) is 58.4 Å². The molecule has 0 aromatic carbocycles. The molecule has 7 atom stereocenters. The molecule has 0 bridgehead atoms. The number of aliphatic hydroxyl groups excluding tert-OH is 1. The van der Waals surface area contributed by atoms with E-state index < -0.39 is 34.5 Å². The molecule has 0 aromatic rings. The van der Waals surface area contributed by atoms with Crippen molar-refractivity contribution < 1.29 is 28.2 Å². The van der Waals surface area contributed by atoms with Crippen molar-refractivity contribution in [3.63, 3.8) is 0 Å². The predicted octanol–water partition coefficient (Wildman–Crippen LogP) is 11.3. The Morgan fingerprint density at radius 3 is 2.12 bits per heavy atom. The van der Waals surface area contributed by atoms with Crippen molar-refractivity contribution in [3.05, 3.63) is 47.6 Å². The standard InChI is InChI=1S/C41H72O6Si2/c1-17-44-37(43)45-40(10,11)36(42)23-18-28(2)33-21-22-34-30(24-25-41(33,34)12)19-20-31-26-32(46-48(13,14)38(4,5)6)27-35(29(31)3)47-49(15,16)39(7,8)9/h18-20,23,29,32-36,42H,2,17,21-22,24-27H2,1,3-16H3/t29-,32-,33-,34+,35-,36-,41-/m1/s1. The topological polar surface area (TPSA) is 74.2 Å². The molecular formula is C41H72O6Si2. The van der Waals surface area contributed by atoms with Crippen LogP contribution in [0.4, 0.5) is 4.79 Å². The first-order valence-corrected chi connectivity index (χ1v) is 24.7.